The third kappa shape index (κ3) is 3.08. The molecule has 1 heterocycles. The summed E-state index contributed by atoms with van der Waals surface area (Å²) in [6.45, 7) is 1.10. The largest absolute Gasteiger partial charge is 0.398 e. The first-order chi connectivity index (χ1) is 9.05. The van der Waals surface area contributed by atoms with Crippen LogP contribution in [-0.2, 0) is 10.0 Å². The van der Waals surface area contributed by atoms with Gasteiger partial charge in [-0.2, -0.15) is 4.31 Å². The molecule has 2 rings (SSSR count). The lowest BCUT2D eigenvalue weighted by molar-refractivity contribution is 0.203. The van der Waals surface area contributed by atoms with E-state index in [9.17, 15) is 8.42 Å². The van der Waals surface area contributed by atoms with Gasteiger partial charge in [0.2, 0.25) is 10.0 Å². The Bertz CT molecular complexity index is 528. The molecule has 1 saturated heterocycles. The maximum atomic E-state index is 12.5. The van der Waals surface area contributed by atoms with Gasteiger partial charge in [0.1, 0.15) is 4.90 Å². The number of hydrogen-bond acceptors (Lipinski definition) is 4. The van der Waals surface area contributed by atoms with Gasteiger partial charge in [0, 0.05) is 19.7 Å². The van der Waals surface area contributed by atoms with Gasteiger partial charge in [0.05, 0.1) is 5.69 Å². The van der Waals surface area contributed by atoms with Gasteiger partial charge in [-0.15, -0.1) is 0 Å². The molecule has 106 valence electrons. The SMILES string of the molecule is Nc1ccccc1S(=O)(=O)N1CCCC(CCO)C1. The fourth-order valence-corrected chi connectivity index (χ4v) is 4.19. The minimum atomic E-state index is -3.52. The number of sulfonamides is 1. The van der Waals surface area contributed by atoms with Crippen LogP contribution in [0.2, 0.25) is 0 Å². The number of nitrogen functional groups attached to an aromatic ring is 1. The van der Waals surface area contributed by atoms with Crippen molar-refractivity contribution in [3.8, 4) is 0 Å². The number of benzene rings is 1. The van der Waals surface area contributed by atoms with Crippen LogP contribution in [0.1, 0.15) is 19.3 Å². The second-order valence-corrected chi connectivity index (χ2v) is 6.83. The first-order valence-electron chi connectivity index (χ1n) is 6.51. The lowest BCUT2D eigenvalue weighted by Crippen LogP contribution is -2.40. The van der Waals surface area contributed by atoms with E-state index in [4.69, 9.17) is 10.8 Å². The Balaban J connectivity index is 2.22. The van der Waals surface area contributed by atoms with Gasteiger partial charge in [-0.3, -0.25) is 0 Å². The van der Waals surface area contributed by atoms with Crippen molar-refractivity contribution >= 4 is 15.7 Å². The lowest BCUT2D eigenvalue weighted by Gasteiger charge is -2.31. The molecule has 1 aliphatic heterocycles. The summed E-state index contributed by atoms with van der Waals surface area (Å²) in [7, 11) is -3.52. The first-order valence-corrected chi connectivity index (χ1v) is 7.95. The predicted molar refractivity (Wildman–Crippen MR) is 74.0 cm³/mol. The number of para-hydroxylation sites is 1. The number of anilines is 1. The van der Waals surface area contributed by atoms with E-state index in [1.54, 1.807) is 24.3 Å². The van der Waals surface area contributed by atoms with E-state index in [1.165, 1.54) is 4.31 Å². The van der Waals surface area contributed by atoms with E-state index >= 15 is 0 Å². The standard InChI is InChI=1S/C13H20N2O3S/c14-12-5-1-2-6-13(12)19(17,18)15-8-3-4-11(10-15)7-9-16/h1-2,5-6,11,16H,3-4,7-10,14H2. The lowest BCUT2D eigenvalue weighted by atomic mass is 9.97. The van der Waals surface area contributed by atoms with Crippen LogP contribution in [-0.4, -0.2) is 37.5 Å². The summed E-state index contributed by atoms with van der Waals surface area (Å²) in [5, 5.41) is 8.98. The number of aliphatic hydroxyl groups is 1. The molecule has 1 aliphatic rings. The molecule has 0 saturated carbocycles. The predicted octanol–water partition coefficient (Wildman–Crippen LogP) is 1.05. The average Bonchev–Trinajstić information content (AvgIpc) is 2.40. The van der Waals surface area contributed by atoms with Crippen molar-refractivity contribution < 1.29 is 13.5 Å². The maximum absolute atomic E-state index is 12.5. The highest BCUT2D eigenvalue weighted by Crippen LogP contribution is 2.27. The maximum Gasteiger partial charge on any atom is 0.245 e. The van der Waals surface area contributed by atoms with Gasteiger partial charge < -0.3 is 10.8 Å². The van der Waals surface area contributed by atoms with Crippen molar-refractivity contribution in [3.05, 3.63) is 24.3 Å². The Morgan fingerprint density at radius 2 is 2.11 bits per heavy atom. The summed E-state index contributed by atoms with van der Waals surface area (Å²) in [5.41, 5.74) is 6.04. The molecule has 1 atom stereocenters. The molecule has 0 bridgehead atoms. The Labute approximate surface area is 114 Å². The van der Waals surface area contributed by atoms with Gasteiger partial charge in [0.25, 0.3) is 0 Å². The number of aliphatic hydroxyl groups excluding tert-OH is 1. The molecule has 3 N–H and O–H groups in total. The average molecular weight is 284 g/mol. The highest BCUT2D eigenvalue weighted by molar-refractivity contribution is 7.89. The summed E-state index contributed by atoms with van der Waals surface area (Å²) in [4.78, 5) is 0.180. The Morgan fingerprint density at radius 1 is 1.37 bits per heavy atom. The first kappa shape index (κ1) is 14.3. The molecule has 0 radical (unpaired) electrons. The van der Waals surface area contributed by atoms with Crippen molar-refractivity contribution in [2.24, 2.45) is 5.92 Å². The second-order valence-electron chi connectivity index (χ2n) is 4.92. The topological polar surface area (TPSA) is 83.6 Å². The van der Waals surface area contributed by atoms with Crippen LogP contribution in [0, 0.1) is 5.92 Å². The van der Waals surface area contributed by atoms with E-state index in [0.29, 0.717) is 19.5 Å². The summed E-state index contributed by atoms with van der Waals surface area (Å²) < 4.78 is 26.6. The molecule has 6 heteroatoms. The summed E-state index contributed by atoms with van der Waals surface area (Å²) in [5.74, 6) is 0.235. The zero-order valence-electron chi connectivity index (χ0n) is 10.8. The molecule has 1 aromatic rings. The van der Waals surface area contributed by atoms with Crippen LogP contribution in [0.3, 0.4) is 0 Å². The zero-order valence-corrected chi connectivity index (χ0v) is 11.6. The monoisotopic (exact) mass is 284 g/mol. The molecule has 5 nitrogen and oxygen atoms in total. The van der Waals surface area contributed by atoms with E-state index < -0.39 is 10.0 Å². The minimum Gasteiger partial charge on any atom is -0.398 e. The van der Waals surface area contributed by atoms with E-state index in [0.717, 1.165) is 12.8 Å². The van der Waals surface area contributed by atoms with E-state index in [1.807, 2.05) is 0 Å². The Morgan fingerprint density at radius 3 is 2.79 bits per heavy atom. The summed E-state index contributed by atoms with van der Waals surface area (Å²) >= 11 is 0. The van der Waals surface area contributed by atoms with Gasteiger partial charge in [0.15, 0.2) is 0 Å². The zero-order chi connectivity index (χ0) is 13.9. The molecule has 0 aliphatic carbocycles. The van der Waals surface area contributed by atoms with Crippen LogP contribution in [0.4, 0.5) is 5.69 Å². The fraction of sp³-hybridized carbons (Fsp3) is 0.538. The third-order valence-electron chi connectivity index (χ3n) is 3.56. The molecular weight excluding hydrogens is 264 g/mol. The number of hydrogen-bond donors (Lipinski definition) is 2. The van der Waals surface area contributed by atoms with Crippen LogP contribution < -0.4 is 5.73 Å². The van der Waals surface area contributed by atoms with Gasteiger partial charge in [-0.25, -0.2) is 8.42 Å². The molecule has 0 amide bonds. The molecular formula is C13H20N2O3S. The van der Waals surface area contributed by atoms with Crippen LogP contribution in [0.15, 0.2) is 29.2 Å². The number of nitrogens with two attached hydrogens (primary N) is 1. The quantitative estimate of drug-likeness (QED) is 0.810. The van der Waals surface area contributed by atoms with Gasteiger partial charge >= 0.3 is 0 Å². The second kappa shape index (κ2) is 5.90. The molecule has 1 unspecified atom stereocenters. The molecule has 1 fully saturated rings. The number of piperidine rings is 1. The van der Waals surface area contributed by atoms with E-state index in [-0.39, 0.29) is 23.1 Å². The van der Waals surface area contributed by atoms with Crippen LogP contribution in [0.25, 0.3) is 0 Å². The van der Waals surface area contributed by atoms with Crippen LogP contribution >= 0.6 is 0 Å². The smallest absolute Gasteiger partial charge is 0.245 e. The highest BCUT2D eigenvalue weighted by atomic mass is 32.2. The number of nitrogens with zero attached hydrogens (tertiary/aromatic N) is 1. The Hall–Kier alpha value is -1.11. The third-order valence-corrected chi connectivity index (χ3v) is 5.49. The summed E-state index contributed by atoms with van der Waals surface area (Å²) in [6, 6.07) is 6.54. The van der Waals surface area contributed by atoms with E-state index in [2.05, 4.69) is 0 Å². The molecule has 0 aromatic heterocycles. The van der Waals surface area contributed by atoms with Crippen molar-refractivity contribution in [2.45, 2.75) is 24.2 Å². The van der Waals surface area contributed by atoms with Crippen molar-refractivity contribution in [3.63, 3.8) is 0 Å². The normalized spacial score (nSPS) is 21.4. The fourth-order valence-electron chi connectivity index (χ4n) is 2.52. The molecule has 1 aromatic carbocycles. The van der Waals surface area contributed by atoms with Crippen molar-refractivity contribution in [2.75, 3.05) is 25.4 Å². The van der Waals surface area contributed by atoms with Gasteiger partial charge in [-0.05, 0) is 37.3 Å². The number of rotatable bonds is 4. The van der Waals surface area contributed by atoms with Crippen molar-refractivity contribution in [1.82, 2.24) is 4.31 Å². The highest BCUT2D eigenvalue weighted by Gasteiger charge is 2.30. The molecule has 0 spiro atoms. The Kier molecular flexibility index (Phi) is 4.44. The molecule has 19 heavy (non-hydrogen) atoms. The van der Waals surface area contributed by atoms with Gasteiger partial charge in [-0.1, -0.05) is 12.1 Å². The minimum absolute atomic E-state index is 0.103. The summed E-state index contributed by atoms with van der Waals surface area (Å²) in [6.07, 6.45) is 2.45. The van der Waals surface area contributed by atoms with Crippen LogP contribution in [0.5, 0.6) is 0 Å². The van der Waals surface area contributed by atoms with Crippen molar-refractivity contribution in [1.29, 1.82) is 0 Å².